The van der Waals surface area contributed by atoms with Crippen molar-refractivity contribution in [1.82, 2.24) is 0 Å². The minimum absolute atomic E-state index is 0.0173. The van der Waals surface area contributed by atoms with Crippen LogP contribution in [0.4, 0.5) is 5.69 Å². The van der Waals surface area contributed by atoms with Crippen molar-refractivity contribution in [3.8, 4) is 0 Å². The van der Waals surface area contributed by atoms with E-state index in [0.717, 1.165) is 5.56 Å². The maximum atomic E-state index is 12.0. The largest absolute Gasteiger partial charge is 0.284 e. The first-order chi connectivity index (χ1) is 9.98. The smallest absolute Gasteiger partial charge is 0.232 e. The number of sulfonamides is 1. The number of para-hydroxylation sites is 1. The zero-order valence-electron chi connectivity index (χ0n) is 11.2. The van der Waals surface area contributed by atoms with Crippen molar-refractivity contribution in [2.24, 2.45) is 0 Å². The molecule has 0 amide bonds. The molecule has 2 rings (SSSR count). The van der Waals surface area contributed by atoms with Gasteiger partial charge in [-0.15, -0.1) is 0 Å². The first-order valence-corrected chi connectivity index (χ1v) is 8.87. The molecule has 6 heteroatoms. The fourth-order valence-corrected chi connectivity index (χ4v) is 3.65. The maximum Gasteiger partial charge on any atom is 0.232 e. The van der Waals surface area contributed by atoms with Crippen molar-refractivity contribution < 1.29 is 8.42 Å². The molecule has 0 heterocycles. The summed E-state index contributed by atoms with van der Waals surface area (Å²) >= 11 is 12.1. The molecule has 0 saturated carbocycles. The zero-order chi connectivity index (χ0) is 15.3. The maximum absolute atomic E-state index is 12.0. The number of anilines is 1. The molecule has 1 N–H and O–H groups in total. The van der Waals surface area contributed by atoms with Crippen molar-refractivity contribution >= 4 is 38.9 Å². The van der Waals surface area contributed by atoms with Crippen LogP contribution in [-0.2, 0) is 16.4 Å². The quantitative estimate of drug-likeness (QED) is 0.846. The van der Waals surface area contributed by atoms with Crippen molar-refractivity contribution in [3.05, 3.63) is 64.1 Å². The monoisotopic (exact) mass is 343 g/mol. The van der Waals surface area contributed by atoms with Crippen LogP contribution in [0.2, 0.25) is 10.0 Å². The van der Waals surface area contributed by atoms with Crippen LogP contribution in [0.15, 0.2) is 48.5 Å². The highest BCUT2D eigenvalue weighted by atomic mass is 35.5. The van der Waals surface area contributed by atoms with Crippen LogP contribution in [-0.4, -0.2) is 14.2 Å². The first kappa shape index (κ1) is 16.1. The van der Waals surface area contributed by atoms with Gasteiger partial charge in [0.15, 0.2) is 0 Å². The molecule has 3 nitrogen and oxygen atoms in total. The van der Waals surface area contributed by atoms with Crippen LogP contribution in [0.25, 0.3) is 0 Å². The molecule has 0 unspecified atom stereocenters. The third-order valence-electron chi connectivity index (χ3n) is 2.95. The van der Waals surface area contributed by atoms with Gasteiger partial charge in [0, 0.05) is 15.7 Å². The van der Waals surface area contributed by atoms with E-state index in [4.69, 9.17) is 23.2 Å². The predicted molar refractivity (Wildman–Crippen MR) is 88.6 cm³/mol. The number of nitrogens with one attached hydrogen (secondary N) is 1. The van der Waals surface area contributed by atoms with Crippen LogP contribution in [0.5, 0.6) is 0 Å². The Bertz CT molecular complexity index is 683. The Morgan fingerprint density at radius 2 is 1.52 bits per heavy atom. The number of rotatable bonds is 6. The molecule has 2 aromatic carbocycles. The van der Waals surface area contributed by atoms with E-state index in [9.17, 15) is 8.42 Å². The highest BCUT2D eigenvalue weighted by Crippen LogP contribution is 2.25. The second-order valence-electron chi connectivity index (χ2n) is 4.59. The summed E-state index contributed by atoms with van der Waals surface area (Å²) in [4.78, 5) is 0. The van der Waals surface area contributed by atoms with Gasteiger partial charge in [0.1, 0.15) is 0 Å². The van der Waals surface area contributed by atoms with E-state index in [2.05, 4.69) is 4.72 Å². The second-order valence-corrected chi connectivity index (χ2v) is 7.25. The summed E-state index contributed by atoms with van der Waals surface area (Å²) < 4.78 is 26.5. The molecule has 112 valence electrons. The Hall–Kier alpha value is -1.23. The molecule has 0 fully saturated rings. The summed E-state index contributed by atoms with van der Waals surface area (Å²) in [5.74, 6) is 0.0173. The van der Waals surface area contributed by atoms with Gasteiger partial charge in [0.2, 0.25) is 10.0 Å². The van der Waals surface area contributed by atoms with Gasteiger partial charge in [0.05, 0.1) is 5.75 Å². The molecular weight excluding hydrogens is 329 g/mol. The number of hydrogen-bond acceptors (Lipinski definition) is 2. The molecular formula is C15H15Cl2NO2S. The summed E-state index contributed by atoms with van der Waals surface area (Å²) in [6.45, 7) is 0. The fourth-order valence-electron chi connectivity index (χ4n) is 1.95. The highest BCUT2D eigenvalue weighted by Gasteiger charge is 2.12. The Morgan fingerprint density at radius 1 is 0.905 bits per heavy atom. The van der Waals surface area contributed by atoms with E-state index < -0.39 is 10.0 Å². The van der Waals surface area contributed by atoms with E-state index in [-0.39, 0.29) is 5.75 Å². The predicted octanol–water partition coefficient (Wildman–Crippen LogP) is 4.37. The molecule has 21 heavy (non-hydrogen) atoms. The van der Waals surface area contributed by atoms with Crippen molar-refractivity contribution in [2.45, 2.75) is 12.8 Å². The van der Waals surface area contributed by atoms with Gasteiger partial charge < -0.3 is 0 Å². The molecule has 0 aliphatic carbocycles. The van der Waals surface area contributed by atoms with Crippen LogP contribution in [0, 0.1) is 0 Å². The third kappa shape index (κ3) is 4.92. The molecule has 0 aromatic heterocycles. The van der Waals surface area contributed by atoms with E-state index in [1.165, 1.54) is 0 Å². The molecule has 0 bridgehead atoms. The number of benzene rings is 2. The van der Waals surface area contributed by atoms with E-state index in [0.29, 0.717) is 28.6 Å². The second kappa shape index (κ2) is 7.16. The van der Waals surface area contributed by atoms with E-state index >= 15 is 0 Å². The summed E-state index contributed by atoms with van der Waals surface area (Å²) in [6, 6.07) is 14.1. The third-order valence-corrected chi connectivity index (χ3v) is 5.03. The van der Waals surface area contributed by atoms with Gasteiger partial charge in [-0.1, -0.05) is 47.5 Å². The number of halogens is 2. The minimum atomic E-state index is -3.37. The van der Waals surface area contributed by atoms with E-state index in [1.807, 2.05) is 6.07 Å². The van der Waals surface area contributed by atoms with Gasteiger partial charge in [0.25, 0.3) is 0 Å². The summed E-state index contributed by atoms with van der Waals surface area (Å²) in [6.07, 6.45) is 0.972. The summed E-state index contributed by atoms with van der Waals surface area (Å²) in [7, 11) is -3.37. The lowest BCUT2D eigenvalue weighted by atomic mass is 10.1. The first-order valence-electron chi connectivity index (χ1n) is 6.46. The zero-order valence-corrected chi connectivity index (χ0v) is 13.5. The average molecular weight is 344 g/mol. The molecule has 0 atom stereocenters. The van der Waals surface area contributed by atoms with Gasteiger partial charge in [-0.05, 0) is 42.7 Å². The molecule has 0 spiro atoms. The van der Waals surface area contributed by atoms with Crippen molar-refractivity contribution in [3.63, 3.8) is 0 Å². The highest BCUT2D eigenvalue weighted by molar-refractivity contribution is 7.92. The summed E-state index contributed by atoms with van der Waals surface area (Å²) in [5.41, 5.74) is 1.35. The van der Waals surface area contributed by atoms with Gasteiger partial charge in [-0.2, -0.15) is 0 Å². The van der Waals surface area contributed by atoms with Crippen LogP contribution >= 0.6 is 23.2 Å². The lowest BCUT2D eigenvalue weighted by Gasteiger charge is -2.09. The lowest BCUT2D eigenvalue weighted by molar-refractivity contribution is 0.598. The minimum Gasteiger partial charge on any atom is -0.284 e. The van der Waals surface area contributed by atoms with Crippen molar-refractivity contribution in [2.75, 3.05) is 10.5 Å². The van der Waals surface area contributed by atoms with Crippen LogP contribution in [0.3, 0.4) is 0 Å². The normalized spacial score (nSPS) is 11.3. The number of hydrogen-bond donors (Lipinski definition) is 1. The van der Waals surface area contributed by atoms with Crippen LogP contribution in [0.1, 0.15) is 12.0 Å². The van der Waals surface area contributed by atoms with Gasteiger partial charge >= 0.3 is 0 Å². The Balaban J connectivity index is 1.94. The Morgan fingerprint density at radius 3 is 2.14 bits per heavy atom. The van der Waals surface area contributed by atoms with Gasteiger partial charge in [-0.3, -0.25) is 4.72 Å². The molecule has 0 radical (unpaired) electrons. The molecule has 0 aliphatic heterocycles. The summed E-state index contributed by atoms with van der Waals surface area (Å²) in [5, 5.41) is 1.13. The van der Waals surface area contributed by atoms with Gasteiger partial charge in [-0.25, -0.2) is 8.42 Å². The molecule has 0 aliphatic rings. The topological polar surface area (TPSA) is 46.2 Å². The van der Waals surface area contributed by atoms with E-state index in [1.54, 1.807) is 42.5 Å². The standard InChI is InChI=1S/C15H15Cl2NO2S/c16-14-9-4-10-15(17)13(14)8-5-11-21(19,20)18-12-6-2-1-3-7-12/h1-4,6-7,9-10,18H,5,8,11H2. The molecule has 2 aromatic rings. The van der Waals surface area contributed by atoms with Crippen LogP contribution < -0.4 is 4.72 Å². The Labute approximate surface area is 135 Å². The Kier molecular flexibility index (Phi) is 5.51. The molecule has 0 saturated heterocycles. The SMILES string of the molecule is O=S(=O)(CCCc1c(Cl)cccc1Cl)Nc1ccccc1. The van der Waals surface area contributed by atoms with Crippen molar-refractivity contribution in [1.29, 1.82) is 0 Å². The fraction of sp³-hybridized carbons (Fsp3) is 0.200. The lowest BCUT2D eigenvalue weighted by Crippen LogP contribution is -2.17. The average Bonchev–Trinajstić information content (AvgIpc) is 2.42.